The topological polar surface area (TPSA) is 345 Å². The molecule has 28 nitrogen and oxygen atoms in total. The van der Waals surface area contributed by atoms with Gasteiger partial charge in [-0.2, -0.15) is 0 Å². The highest BCUT2D eigenvalue weighted by Gasteiger charge is 2.67. The predicted molar refractivity (Wildman–Crippen MR) is 307 cm³/mol. The zero-order chi connectivity index (χ0) is 67.6. The number of cyclic esters (lactones) is 1. The molecule has 23 unspecified atom stereocenters. The Balaban J connectivity index is 1.18. The third kappa shape index (κ3) is 15.5. The summed E-state index contributed by atoms with van der Waals surface area (Å²) in [6.45, 7) is 19.3. The van der Waals surface area contributed by atoms with Crippen LogP contribution in [-0.2, 0) is 133 Å². The summed E-state index contributed by atoms with van der Waals surface area (Å²) in [6.07, 6.45) is -17.9. The maximum Gasteiger partial charge on any atom is 0.334 e. The lowest BCUT2D eigenvalue weighted by Crippen LogP contribution is -2.68. The number of esters is 11. The summed E-state index contributed by atoms with van der Waals surface area (Å²) in [5.41, 5.74) is 0.0359. The van der Waals surface area contributed by atoms with Crippen molar-refractivity contribution in [2.45, 2.75) is 259 Å². The summed E-state index contributed by atoms with van der Waals surface area (Å²) < 4.78 is 104. The van der Waals surface area contributed by atoms with Gasteiger partial charge in [0.1, 0.15) is 42.7 Å². The predicted octanol–water partition coefficient (Wildman–Crippen LogP) is 4.76. The van der Waals surface area contributed by atoms with Crippen LogP contribution < -0.4 is 0 Å². The van der Waals surface area contributed by atoms with Crippen LogP contribution in [0.2, 0.25) is 0 Å². The SMILES string of the molecule is CC(=O)OCC1OC(OC2CC3=CCC4C5CCC(C(C)(OC(C)=O)C6CC(C)=C(C)C(=O)O6)C5(C)CCC4C3(C)C(OC(C)=O)C2)C(OC(C)=O)C(OC2OCC(OC(C)=O)C(OC(C)=O)C2OC(C)=O)C1OC1OCC(OC(C)=O)C(OC(C)=O)C1OC(C)=O. The Morgan fingerprint density at radius 2 is 1.05 bits per heavy atom. The van der Waals surface area contributed by atoms with E-state index in [2.05, 4.69) is 19.9 Å². The summed E-state index contributed by atoms with van der Waals surface area (Å²) in [6, 6.07) is 0. The van der Waals surface area contributed by atoms with Crippen molar-refractivity contribution in [2.75, 3.05) is 19.8 Å². The van der Waals surface area contributed by atoms with Gasteiger partial charge in [-0.05, 0) is 82.5 Å². The van der Waals surface area contributed by atoms with Crippen LogP contribution in [0.4, 0.5) is 0 Å². The van der Waals surface area contributed by atoms with Gasteiger partial charge in [0.05, 0.1) is 19.3 Å². The molecule has 8 rings (SSSR count). The van der Waals surface area contributed by atoms with E-state index in [1.165, 1.54) is 13.8 Å². The molecular formula is C64H88O28. The molecule has 28 heteroatoms. The fourth-order valence-corrected chi connectivity index (χ4v) is 16.0. The molecule has 92 heavy (non-hydrogen) atoms. The van der Waals surface area contributed by atoms with Crippen LogP contribution in [0.5, 0.6) is 0 Å². The summed E-state index contributed by atoms with van der Waals surface area (Å²) >= 11 is 0. The average molecular weight is 1310 g/mol. The molecule has 0 spiro atoms. The quantitative estimate of drug-likeness (QED) is 0.0955. The first-order chi connectivity index (χ1) is 43.1. The normalized spacial score (nSPS) is 38.1. The molecule has 4 heterocycles. The highest BCUT2D eigenvalue weighted by Crippen LogP contribution is 2.69. The van der Waals surface area contributed by atoms with E-state index in [0.717, 1.165) is 73.0 Å². The summed E-state index contributed by atoms with van der Waals surface area (Å²) in [5.74, 6) is -8.59. The first kappa shape index (κ1) is 71.3. The largest absolute Gasteiger partial charge is 0.463 e. The number of carbonyl (C=O) groups excluding carboxylic acids is 11. The van der Waals surface area contributed by atoms with Crippen LogP contribution in [0.3, 0.4) is 0 Å². The Morgan fingerprint density at radius 3 is 1.54 bits per heavy atom. The minimum atomic E-state index is -1.85. The first-order valence-corrected chi connectivity index (χ1v) is 31.3. The smallest absolute Gasteiger partial charge is 0.334 e. The molecule has 23 atom stereocenters. The number of hydrogen-bond acceptors (Lipinski definition) is 28. The van der Waals surface area contributed by atoms with Crippen molar-refractivity contribution in [2.24, 2.45) is 34.5 Å². The summed E-state index contributed by atoms with van der Waals surface area (Å²) in [7, 11) is 0. The minimum absolute atomic E-state index is 0.0343. The molecule has 3 saturated carbocycles. The van der Waals surface area contributed by atoms with E-state index in [9.17, 15) is 52.7 Å². The summed E-state index contributed by atoms with van der Waals surface area (Å²) in [5, 5.41) is 0. The van der Waals surface area contributed by atoms with Gasteiger partial charge in [0.25, 0.3) is 0 Å². The zero-order valence-corrected chi connectivity index (χ0v) is 54.8. The van der Waals surface area contributed by atoms with Crippen molar-refractivity contribution in [3.63, 3.8) is 0 Å². The van der Waals surface area contributed by atoms with E-state index in [1.54, 1.807) is 6.92 Å². The molecular weight excluding hydrogens is 1220 g/mol. The third-order valence-corrected chi connectivity index (χ3v) is 19.7. The first-order valence-electron chi connectivity index (χ1n) is 31.3. The molecule has 4 aliphatic carbocycles. The van der Waals surface area contributed by atoms with Gasteiger partial charge in [-0.1, -0.05) is 31.1 Å². The van der Waals surface area contributed by atoms with E-state index in [4.69, 9.17) is 80.5 Å². The fourth-order valence-electron chi connectivity index (χ4n) is 16.0. The molecule has 512 valence electrons. The maximum absolute atomic E-state index is 13.6. The minimum Gasteiger partial charge on any atom is -0.463 e. The molecule has 0 aromatic rings. The van der Waals surface area contributed by atoms with Gasteiger partial charge in [-0.25, -0.2) is 4.79 Å². The van der Waals surface area contributed by atoms with Crippen molar-refractivity contribution in [3.8, 4) is 0 Å². The van der Waals surface area contributed by atoms with Gasteiger partial charge in [0, 0.05) is 99.0 Å². The van der Waals surface area contributed by atoms with Crippen LogP contribution in [-0.4, -0.2) is 189 Å². The number of fused-ring (bicyclic) bond motifs is 5. The van der Waals surface area contributed by atoms with E-state index < -0.39 is 195 Å². The second kappa shape index (κ2) is 29.0. The second-order valence-electron chi connectivity index (χ2n) is 26.0. The number of ether oxygens (including phenoxy) is 17. The molecule has 0 bridgehead atoms. The van der Waals surface area contributed by atoms with Gasteiger partial charge in [-0.3, -0.25) is 47.9 Å². The maximum atomic E-state index is 13.6. The zero-order valence-electron chi connectivity index (χ0n) is 54.8. The van der Waals surface area contributed by atoms with E-state index in [0.29, 0.717) is 37.7 Å². The Bertz CT molecular complexity index is 2920. The number of hydrogen-bond donors (Lipinski definition) is 0. The standard InChI is InChI=1S/C64H88O28/c1-28-22-50(89-58(75)29(28)2)64(15,92-39(12)74)48-19-18-43-42-17-16-40-23-41(24-49(81-33(6)68)63(40,14)44(42)20-21-62(43,48)13)87-61-57(86-38(11)73)54(91-60-56(85-37(10)72)53(83-35(8)70)46(27-78-60)80-32(5)67)51(47(88-61)25-76-30(3)65)90-59-55(84-36(9)71)52(82-34(7)69)45(26-77-59)79-31(4)66/h16,41-57,59-61H,17-27H2,1-15H3. The van der Waals surface area contributed by atoms with Crippen LogP contribution in [0.15, 0.2) is 22.8 Å². The van der Waals surface area contributed by atoms with Gasteiger partial charge in [0.15, 0.2) is 61.6 Å². The van der Waals surface area contributed by atoms with Crippen molar-refractivity contribution >= 4 is 65.7 Å². The van der Waals surface area contributed by atoms with Gasteiger partial charge in [-0.15, -0.1) is 0 Å². The lowest BCUT2D eigenvalue weighted by molar-refractivity contribution is -0.380. The van der Waals surface area contributed by atoms with Crippen LogP contribution in [0.25, 0.3) is 0 Å². The van der Waals surface area contributed by atoms with Crippen molar-refractivity contribution in [3.05, 3.63) is 22.8 Å². The number of rotatable bonds is 19. The molecule has 0 radical (unpaired) electrons. The Kier molecular flexibility index (Phi) is 22.4. The average Bonchev–Trinajstić information content (AvgIpc) is 1.66. The van der Waals surface area contributed by atoms with E-state index in [1.807, 2.05) is 13.8 Å². The number of carbonyl (C=O) groups is 11. The molecule has 8 aliphatic rings. The molecule has 0 N–H and O–H groups in total. The van der Waals surface area contributed by atoms with Crippen molar-refractivity contribution in [1.82, 2.24) is 0 Å². The molecule has 0 aromatic heterocycles. The van der Waals surface area contributed by atoms with Gasteiger partial charge >= 0.3 is 65.7 Å². The molecule has 0 aromatic carbocycles. The molecule has 6 fully saturated rings. The molecule has 3 saturated heterocycles. The molecule has 0 amide bonds. The highest BCUT2D eigenvalue weighted by molar-refractivity contribution is 5.89. The van der Waals surface area contributed by atoms with E-state index >= 15 is 0 Å². The van der Waals surface area contributed by atoms with Gasteiger partial charge < -0.3 is 80.5 Å². The lowest BCUT2D eigenvalue weighted by atomic mass is 9.46. The van der Waals surface area contributed by atoms with Crippen LogP contribution in [0.1, 0.15) is 155 Å². The Hall–Kier alpha value is -6.59. The molecule has 4 aliphatic heterocycles. The van der Waals surface area contributed by atoms with Gasteiger partial charge in [0.2, 0.25) is 0 Å². The monoisotopic (exact) mass is 1300 g/mol. The van der Waals surface area contributed by atoms with Crippen molar-refractivity contribution < 1.29 is 133 Å². The van der Waals surface area contributed by atoms with Crippen LogP contribution >= 0.6 is 0 Å². The third-order valence-electron chi connectivity index (χ3n) is 19.7. The van der Waals surface area contributed by atoms with E-state index in [-0.39, 0.29) is 41.9 Å². The lowest BCUT2D eigenvalue weighted by Gasteiger charge is -2.61. The fraction of sp³-hybridized carbons (Fsp3) is 0.766. The Morgan fingerprint density at radius 1 is 0.554 bits per heavy atom. The Labute approximate surface area is 533 Å². The van der Waals surface area contributed by atoms with Crippen molar-refractivity contribution in [1.29, 1.82) is 0 Å². The highest BCUT2D eigenvalue weighted by atomic mass is 16.8. The van der Waals surface area contributed by atoms with Crippen LogP contribution in [0, 0.1) is 34.5 Å². The summed E-state index contributed by atoms with van der Waals surface area (Å²) in [4.78, 5) is 142. The second-order valence-corrected chi connectivity index (χ2v) is 26.0. The number of allylic oxidation sites excluding steroid dienone is 1.